The summed E-state index contributed by atoms with van der Waals surface area (Å²) in [7, 11) is -3.80. The van der Waals surface area contributed by atoms with Crippen LogP contribution in [0.15, 0.2) is 88.7 Å². The van der Waals surface area contributed by atoms with Crippen molar-refractivity contribution < 1.29 is 13.2 Å². The molecule has 2 atom stereocenters. The molecule has 0 bridgehead atoms. The van der Waals surface area contributed by atoms with E-state index in [0.29, 0.717) is 16.3 Å². The van der Waals surface area contributed by atoms with E-state index < -0.39 is 15.9 Å². The zero-order chi connectivity index (χ0) is 22.0. The predicted octanol–water partition coefficient (Wildman–Crippen LogP) is 6.80. The van der Waals surface area contributed by atoms with Crippen molar-refractivity contribution in [1.29, 1.82) is 0 Å². The largest absolute Gasteiger partial charge is 0.364 e. The normalized spacial score (nSPS) is 19.5. The van der Waals surface area contributed by atoms with Gasteiger partial charge in [0.1, 0.15) is 6.10 Å². The minimum Gasteiger partial charge on any atom is -0.364 e. The first-order valence-corrected chi connectivity index (χ1v) is 13.4. The van der Waals surface area contributed by atoms with E-state index in [0.717, 1.165) is 26.7 Å². The molecule has 0 saturated carbocycles. The smallest absolute Gasteiger partial charge is 0.206 e. The van der Waals surface area contributed by atoms with Crippen LogP contribution in [0.3, 0.4) is 0 Å². The lowest BCUT2D eigenvalue weighted by Crippen LogP contribution is -2.29. The van der Waals surface area contributed by atoms with Gasteiger partial charge in [0, 0.05) is 15.9 Å². The van der Waals surface area contributed by atoms with E-state index in [1.54, 1.807) is 24.3 Å². The van der Waals surface area contributed by atoms with Crippen molar-refractivity contribution in [2.24, 2.45) is 0 Å². The average molecular weight is 565 g/mol. The first-order chi connectivity index (χ1) is 14.9. The summed E-state index contributed by atoms with van der Waals surface area (Å²) in [5.41, 5.74) is 3.51. The summed E-state index contributed by atoms with van der Waals surface area (Å²) < 4.78 is 35.1. The Hall–Kier alpha value is -1.67. The molecule has 3 nitrogen and oxygen atoms in total. The van der Waals surface area contributed by atoms with Gasteiger partial charge in [0.15, 0.2) is 0 Å². The lowest BCUT2D eigenvalue weighted by atomic mass is 9.93. The number of alkyl halides is 1. The second-order valence-electron chi connectivity index (χ2n) is 7.57. The average Bonchev–Trinajstić information content (AvgIpc) is 2.79. The fraction of sp³-hybridized carbons (Fsp3) is 0.200. The molecule has 0 spiro atoms. The van der Waals surface area contributed by atoms with Crippen LogP contribution >= 0.6 is 34.2 Å². The van der Waals surface area contributed by atoms with Gasteiger partial charge in [-0.3, -0.25) is 0 Å². The van der Waals surface area contributed by atoms with Crippen molar-refractivity contribution in [1.82, 2.24) is 0 Å². The van der Waals surface area contributed by atoms with Crippen molar-refractivity contribution in [3.8, 4) is 0 Å². The fourth-order valence-electron chi connectivity index (χ4n) is 3.79. The lowest BCUT2D eigenvalue weighted by Gasteiger charge is -2.34. The molecular weight excluding hydrogens is 543 g/mol. The second kappa shape index (κ2) is 9.45. The molecule has 1 heterocycles. The molecule has 160 valence electrons. The maximum Gasteiger partial charge on any atom is 0.206 e. The summed E-state index contributed by atoms with van der Waals surface area (Å²) in [6.45, 7) is 1.94. The van der Waals surface area contributed by atoms with Crippen LogP contribution in [0.1, 0.15) is 29.2 Å². The number of hydrogen-bond donors (Lipinski definition) is 0. The summed E-state index contributed by atoms with van der Waals surface area (Å²) in [6.07, 6.45) is -0.252. The minimum absolute atomic E-state index is 0.0894. The van der Waals surface area contributed by atoms with Gasteiger partial charge in [0.2, 0.25) is 9.84 Å². The van der Waals surface area contributed by atoms with Gasteiger partial charge in [-0.1, -0.05) is 94.4 Å². The van der Waals surface area contributed by atoms with Crippen molar-refractivity contribution in [2.45, 2.75) is 30.4 Å². The second-order valence-corrected chi connectivity index (χ2v) is 10.8. The molecule has 0 aromatic heterocycles. The molecule has 0 radical (unpaired) electrons. The maximum absolute atomic E-state index is 14.0. The molecular formula is C25H22ClIO3S. The lowest BCUT2D eigenvalue weighted by molar-refractivity contribution is 0.0207. The standard InChI is InChI=1S/C25H22ClIO3S/c1-17-7-13-22(14-8-17)31(28,29)25-23(18-5-3-2-4-6-18)15-21(16-27)30-24(25)19-9-11-20(26)12-10-19/h2-14,21,24H,15-16H2,1H3/t21-,24-/m1/s1. The first-order valence-electron chi connectivity index (χ1n) is 9.97. The van der Waals surface area contributed by atoms with E-state index in [9.17, 15) is 8.42 Å². The zero-order valence-electron chi connectivity index (χ0n) is 17.0. The maximum atomic E-state index is 14.0. The Labute approximate surface area is 202 Å². The molecule has 6 heteroatoms. The van der Waals surface area contributed by atoms with Gasteiger partial charge >= 0.3 is 0 Å². The Bertz CT molecular complexity index is 1190. The quantitative estimate of drug-likeness (QED) is 0.253. The molecule has 0 N–H and O–H groups in total. The van der Waals surface area contributed by atoms with Crippen molar-refractivity contribution >= 4 is 49.6 Å². The van der Waals surface area contributed by atoms with E-state index in [-0.39, 0.29) is 11.0 Å². The molecule has 31 heavy (non-hydrogen) atoms. The van der Waals surface area contributed by atoms with Gasteiger partial charge in [-0.25, -0.2) is 8.42 Å². The van der Waals surface area contributed by atoms with Crippen LogP contribution in [0.2, 0.25) is 5.02 Å². The Kier molecular flexibility index (Phi) is 6.86. The van der Waals surface area contributed by atoms with Crippen molar-refractivity contribution in [3.63, 3.8) is 0 Å². The third kappa shape index (κ3) is 4.75. The van der Waals surface area contributed by atoms with Gasteiger partial charge in [-0.05, 0) is 47.9 Å². The van der Waals surface area contributed by atoms with Crippen LogP contribution < -0.4 is 0 Å². The van der Waals surface area contributed by atoms with Crippen LogP contribution in [0, 0.1) is 6.92 Å². The summed E-state index contributed by atoms with van der Waals surface area (Å²) in [5, 5.41) is 0.597. The highest BCUT2D eigenvalue weighted by Gasteiger charge is 2.39. The molecule has 1 aliphatic rings. The molecule has 3 aromatic carbocycles. The number of sulfone groups is 1. The summed E-state index contributed by atoms with van der Waals surface area (Å²) in [4.78, 5) is 0.586. The predicted molar refractivity (Wildman–Crippen MR) is 134 cm³/mol. The third-order valence-corrected chi connectivity index (χ3v) is 8.55. The fourth-order valence-corrected chi connectivity index (χ4v) is 6.19. The number of ether oxygens (including phenoxy) is 1. The number of aryl methyl sites for hydroxylation is 1. The van der Waals surface area contributed by atoms with Crippen LogP contribution in [-0.4, -0.2) is 18.9 Å². The Morgan fingerprint density at radius 1 is 0.968 bits per heavy atom. The monoisotopic (exact) mass is 564 g/mol. The van der Waals surface area contributed by atoms with Crippen LogP contribution in [0.4, 0.5) is 0 Å². The highest BCUT2D eigenvalue weighted by molar-refractivity contribution is 14.1. The molecule has 1 aliphatic heterocycles. The van der Waals surface area contributed by atoms with E-state index >= 15 is 0 Å². The minimum atomic E-state index is -3.80. The molecule has 0 aliphatic carbocycles. The highest BCUT2D eigenvalue weighted by atomic mass is 127. The molecule has 3 aromatic rings. The van der Waals surface area contributed by atoms with Gasteiger partial charge in [-0.2, -0.15) is 0 Å². The molecule has 4 rings (SSSR count). The van der Waals surface area contributed by atoms with Crippen LogP contribution in [0.25, 0.3) is 5.57 Å². The highest BCUT2D eigenvalue weighted by Crippen LogP contribution is 2.45. The van der Waals surface area contributed by atoms with Crippen molar-refractivity contribution in [3.05, 3.63) is 105 Å². The Morgan fingerprint density at radius 3 is 2.23 bits per heavy atom. The third-order valence-electron chi connectivity index (χ3n) is 5.38. The van der Waals surface area contributed by atoms with Gasteiger partial charge < -0.3 is 4.74 Å². The van der Waals surface area contributed by atoms with Crippen molar-refractivity contribution in [2.75, 3.05) is 4.43 Å². The topological polar surface area (TPSA) is 43.4 Å². The first kappa shape index (κ1) is 22.5. The summed E-state index contributed by atoms with van der Waals surface area (Å²) in [6, 6.07) is 24.0. The van der Waals surface area contributed by atoms with Gasteiger partial charge in [0.25, 0.3) is 0 Å². The number of rotatable bonds is 5. The number of benzene rings is 3. The Balaban J connectivity index is 1.98. The van der Waals surface area contributed by atoms with Gasteiger partial charge in [-0.15, -0.1) is 0 Å². The molecule has 0 amide bonds. The van der Waals surface area contributed by atoms with E-state index in [1.165, 1.54) is 0 Å². The SMILES string of the molecule is Cc1ccc(S(=O)(=O)C2=C(c3ccccc3)C[C@H](CI)O[C@@H]2c2ccc(Cl)cc2)cc1. The van der Waals surface area contributed by atoms with E-state index in [4.69, 9.17) is 16.3 Å². The Morgan fingerprint density at radius 2 is 1.61 bits per heavy atom. The summed E-state index contributed by atoms with van der Waals surface area (Å²) >= 11 is 8.39. The number of halogens is 2. The molecule has 0 fully saturated rings. The van der Waals surface area contributed by atoms with Crippen LogP contribution in [0.5, 0.6) is 0 Å². The molecule has 0 unspecified atom stereocenters. The number of hydrogen-bond acceptors (Lipinski definition) is 3. The van der Waals surface area contributed by atoms with Gasteiger partial charge in [0.05, 0.1) is 15.9 Å². The summed E-state index contributed by atoms with van der Waals surface area (Å²) in [5.74, 6) is 0. The van der Waals surface area contributed by atoms with Crippen LogP contribution in [-0.2, 0) is 14.6 Å². The zero-order valence-corrected chi connectivity index (χ0v) is 20.7. The molecule has 0 saturated heterocycles. The van der Waals surface area contributed by atoms with E-state index in [2.05, 4.69) is 22.6 Å². The van der Waals surface area contributed by atoms with E-state index in [1.807, 2.05) is 61.5 Å².